The van der Waals surface area contributed by atoms with Gasteiger partial charge < -0.3 is 15.5 Å². The molecule has 1 fully saturated rings. The van der Waals surface area contributed by atoms with E-state index in [4.69, 9.17) is 4.98 Å². The normalized spacial score (nSPS) is 18.9. The van der Waals surface area contributed by atoms with Crippen molar-refractivity contribution in [3.8, 4) is 0 Å². The Labute approximate surface area is 154 Å². The number of rotatable bonds is 5. The lowest BCUT2D eigenvalue weighted by Crippen LogP contribution is -2.55. The predicted octanol–water partition coefficient (Wildman–Crippen LogP) is 1.02. The van der Waals surface area contributed by atoms with Crippen molar-refractivity contribution in [2.45, 2.75) is 33.1 Å². The zero-order chi connectivity index (χ0) is 18.1. The van der Waals surface area contributed by atoms with E-state index in [1.165, 1.54) is 11.3 Å². The van der Waals surface area contributed by atoms with Gasteiger partial charge in [0.05, 0.1) is 17.8 Å². The number of aromatic nitrogens is 3. The van der Waals surface area contributed by atoms with E-state index in [2.05, 4.69) is 34.5 Å². The Morgan fingerprint density at radius 1 is 1.38 bits per heavy atom. The first kappa shape index (κ1) is 17.3. The molecule has 2 N–H and O–H groups in total. The van der Waals surface area contributed by atoms with Crippen molar-refractivity contribution in [3.63, 3.8) is 0 Å². The molecule has 4 heterocycles. The summed E-state index contributed by atoms with van der Waals surface area (Å²) in [4.78, 5) is 19.5. The van der Waals surface area contributed by atoms with Crippen LogP contribution >= 0.6 is 0 Å². The van der Waals surface area contributed by atoms with Crippen molar-refractivity contribution < 1.29 is 4.79 Å². The van der Waals surface area contributed by atoms with Gasteiger partial charge in [-0.2, -0.15) is 9.61 Å². The number of nitrogens with zero attached hydrogens (tertiary/aromatic N) is 4. The number of hydrogen-bond acceptors (Lipinski definition) is 5. The molecular formula is C19H28N6O. The van der Waals surface area contributed by atoms with E-state index in [9.17, 15) is 4.79 Å². The lowest BCUT2D eigenvalue weighted by atomic mass is 9.97. The number of fused-ring (bicyclic) bond motifs is 2. The van der Waals surface area contributed by atoms with Crippen LogP contribution in [0.1, 0.15) is 31.5 Å². The summed E-state index contributed by atoms with van der Waals surface area (Å²) in [7, 11) is 0. The van der Waals surface area contributed by atoms with Crippen LogP contribution in [0.25, 0.3) is 5.65 Å². The summed E-state index contributed by atoms with van der Waals surface area (Å²) in [5.41, 5.74) is 3.35. The molecule has 140 valence electrons. The first-order chi connectivity index (χ1) is 12.7. The van der Waals surface area contributed by atoms with Crippen LogP contribution in [0.5, 0.6) is 0 Å². The van der Waals surface area contributed by atoms with Crippen molar-refractivity contribution in [2.24, 2.45) is 11.8 Å². The fraction of sp³-hybridized carbons (Fsp3) is 0.632. The second-order valence-electron chi connectivity index (χ2n) is 7.57. The molecule has 2 aliphatic rings. The minimum atomic E-state index is 0.0670. The zero-order valence-electron chi connectivity index (χ0n) is 15.7. The maximum absolute atomic E-state index is 12.4. The van der Waals surface area contributed by atoms with Crippen LogP contribution in [0.15, 0.2) is 12.3 Å². The zero-order valence-corrected chi connectivity index (χ0v) is 15.7. The molecule has 0 aliphatic carbocycles. The van der Waals surface area contributed by atoms with Crippen LogP contribution in [0, 0.1) is 11.8 Å². The second kappa shape index (κ2) is 7.23. The lowest BCUT2D eigenvalue weighted by Gasteiger charge is -2.41. The molecule has 2 aromatic rings. The molecule has 1 unspecified atom stereocenters. The average molecular weight is 356 g/mol. The first-order valence-corrected chi connectivity index (χ1v) is 9.76. The average Bonchev–Trinajstić information content (AvgIpc) is 2.94. The van der Waals surface area contributed by atoms with E-state index < -0.39 is 0 Å². The minimum Gasteiger partial charge on any atom is -0.355 e. The topological polar surface area (TPSA) is 74.6 Å². The van der Waals surface area contributed by atoms with Crippen molar-refractivity contribution in [1.29, 1.82) is 0 Å². The van der Waals surface area contributed by atoms with E-state index in [0.29, 0.717) is 5.92 Å². The summed E-state index contributed by atoms with van der Waals surface area (Å²) < 4.78 is 1.94. The first-order valence-electron chi connectivity index (χ1n) is 9.76. The molecule has 1 atom stereocenters. The highest BCUT2D eigenvalue weighted by Gasteiger charge is 2.36. The number of carbonyl (C=O) groups excluding carboxylic acids is 1. The molecule has 7 heteroatoms. The molecule has 4 rings (SSSR count). The van der Waals surface area contributed by atoms with E-state index in [-0.39, 0.29) is 11.8 Å². The molecule has 0 spiro atoms. The highest BCUT2D eigenvalue weighted by molar-refractivity contribution is 5.82. The monoisotopic (exact) mass is 356 g/mol. The van der Waals surface area contributed by atoms with Gasteiger partial charge in [0.25, 0.3) is 0 Å². The third-order valence-electron chi connectivity index (χ3n) is 5.66. The van der Waals surface area contributed by atoms with Crippen molar-refractivity contribution in [1.82, 2.24) is 25.2 Å². The molecule has 2 aromatic heterocycles. The molecule has 0 radical (unpaired) electrons. The van der Waals surface area contributed by atoms with Crippen molar-refractivity contribution in [3.05, 3.63) is 23.5 Å². The van der Waals surface area contributed by atoms with Gasteiger partial charge in [-0.3, -0.25) is 4.79 Å². The van der Waals surface area contributed by atoms with Crippen LogP contribution in [-0.4, -0.2) is 53.2 Å². The largest absolute Gasteiger partial charge is 0.355 e. The minimum absolute atomic E-state index is 0.0670. The number of anilines is 1. The summed E-state index contributed by atoms with van der Waals surface area (Å²) in [6.45, 7) is 8.52. The molecule has 2 aliphatic heterocycles. The maximum Gasteiger partial charge on any atom is 0.226 e. The van der Waals surface area contributed by atoms with Gasteiger partial charge in [0.2, 0.25) is 5.91 Å². The highest BCUT2D eigenvalue weighted by atomic mass is 16.2. The third-order valence-corrected chi connectivity index (χ3v) is 5.66. The summed E-state index contributed by atoms with van der Waals surface area (Å²) in [6, 6.07) is 1.96. The smallest absolute Gasteiger partial charge is 0.226 e. The maximum atomic E-state index is 12.4. The molecular weight excluding hydrogens is 328 g/mol. The molecule has 1 amide bonds. The summed E-state index contributed by atoms with van der Waals surface area (Å²) in [6.07, 6.45) is 4.79. The van der Waals surface area contributed by atoms with Crippen LogP contribution < -0.4 is 15.5 Å². The van der Waals surface area contributed by atoms with Gasteiger partial charge in [0, 0.05) is 44.2 Å². The molecule has 0 saturated carbocycles. The fourth-order valence-corrected chi connectivity index (χ4v) is 3.72. The van der Waals surface area contributed by atoms with Gasteiger partial charge >= 0.3 is 0 Å². The van der Waals surface area contributed by atoms with Gasteiger partial charge in [-0.15, -0.1) is 0 Å². The number of amides is 1. The van der Waals surface area contributed by atoms with E-state index in [0.717, 1.165) is 63.5 Å². The Hall–Kier alpha value is -2.15. The Morgan fingerprint density at radius 3 is 3.00 bits per heavy atom. The van der Waals surface area contributed by atoms with Gasteiger partial charge in [0.1, 0.15) is 5.82 Å². The van der Waals surface area contributed by atoms with Gasteiger partial charge in [0.15, 0.2) is 5.65 Å². The fourth-order valence-electron chi connectivity index (χ4n) is 3.72. The standard InChI is InChI=1S/C19H28N6O/c1-3-13(2)10-21-18(26)14-11-24(12-14)19-15-4-7-20-8-5-16(15)23-17-6-9-22-25(17)19/h6,9,13-14,20H,3-5,7-8,10-12H2,1-2H3,(H,21,26). The Bertz CT molecular complexity index is 795. The third kappa shape index (κ3) is 3.16. The van der Waals surface area contributed by atoms with E-state index in [1.54, 1.807) is 6.20 Å². The summed E-state index contributed by atoms with van der Waals surface area (Å²) >= 11 is 0. The number of nitrogens with one attached hydrogen (secondary N) is 2. The van der Waals surface area contributed by atoms with Gasteiger partial charge in [-0.25, -0.2) is 4.98 Å². The van der Waals surface area contributed by atoms with Crippen molar-refractivity contribution in [2.75, 3.05) is 37.6 Å². The van der Waals surface area contributed by atoms with E-state index in [1.807, 2.05) is 10.6 Å². The number of hydrogen-bond donors (Lipinski definition) is 2. The molecule has 1 saturated heterocycles. The molecule has 0 aromatic carbocycles. The number of carbonyl (C=O) groups is 1. The summed E-state index contributed by atoms with van der Waals surface area (Å²) in [5, 5.41) is 11.0. The van der Waals surface area contributed by atoms with Gasteiger partial charge in [-0.05, 0) is 18.9 Å². The predicted molar refractivity (Wildman–Crippen MR) is 101 cm³/mol. The summed E-state index contributed by atoms with van der Waals surface area (Å²) in [5.74, 6) is 1.91. The SMILES string of the molecule is CCC(C)CNC(=O)C1CN(c2c3c(nc4ccnn24)CCNCC3)C1. The van der Waals surface area contributed by atoms with Crippen LogP contribution in [0.3, 0.4) is 0 Å². The Kier molecular flexibility index (Phi) is 4.80. The van der Waals surface area contributed by atoms with E-state index >= 15 is 0 Å². The Morgan fingerprint density at radius 2 is 2.19 bits per heavy atom. The van der Waals surface area contributed by atoms with Crippen LogP contribution in [0.2, 0.25) is 0 Å². The quantitative estimate of drug-likeness (QED) is 0.837. The molecule has 0 bridgehead atoms. The second-order valence-corrected chi connectivity index (χ2v) is 7.57. The molecule has 26 heavy (non-hydrogen) atoms. The Balaban J connectivity index is 1.52. The van der Waals surface area contributed by atoms with Gasteiger partial charge in [-0.1, -0.05) is 20.3 Å². The highest BCUT2D eigenvalue weighted by Crippen LogP contribution is 2.31. The molecule has 7 nitrogen and oxygen atoms in total. The lowest BCUT2D eigenvalue weighted by molar-refractivity contribution is -0.125. The van der Waals surface area contributed by atoms with Crippen molar-refractivity contribution >= 4 is 17.4 Å². The van der Waals surface area contributed by atoms with Crippen LogP contribution in [-0.2, 0) is 17.6 Å². The van der Waals surface area contributed by atoms with Crippen LogP contribution in [0.4, 0.5) is 5.82 Å².